The number of aromatic amines is 1. The van der Waals surface area contributed by atoms with E-state index in [2.05, 4.69) is 38.6 Å². The average molecular weight is 239 g/mol. The number of halogens is 1. The normalized spacial score (nSPS) is 16.1. The molecular formula is C11H15ClN4. The van der Waals surface area contributed by atoms with Gasteiger partial charge in [-0.15, -0.1) is 12.4 Å². The van der Waals surface area contributed by atoms with Gasteiger partial charge in [0.05, 0.1) is 11.7 Å². The zero-order chi connectivity index (χ0) is 10.1. The topological polar surface area (TPSA) is 44.0 Å². The van der Waals surface area contributed by atoms with Crippen LogP contribution in [0.1, 0.15) is 0 Å². The van der Waals surface area contributed by atoms with Crippen molar-refractivity contribution in [3.63, 3.8) is 0 Å². The molecule has 0 radical (unpaired) electrons. The van der Waals surface area contributed by atoms with Gasteiger partial charge in [0, 0.05) is 37.3 Å². The summed E-state index contributed by atoms with van der Waals surface area (Å²) in [7, 11) is 0. The summed E-state index contributed by atoms with van der Waals surface area (Å²) in [5.41, 5.74) is 2.40. The lowest BCUT2D eigenvalue weighted by atomic mass is 10.2. The number of H-pyrrole nitrogens is 1. The van der Waals surface area contributed by atoms with Gasteiger partial charge >= 0.3 is 0 Å². The van der Waals surface area contributed by atoms with Crippen LogP contribution >= 0.6 is 12.4 Å². The SMILES string of the molecule is Cl.c1cc2cn[nH]c2cc1N1CCNCC1. The lowest BCUT2D eigenvalue weighted by Crippen LogP contribution is -2.43. The highest BCUT2D eigenvalue weighted by molar-refractivity contribution is 5.85. The summed E-state index contributed by atoms with van der Waals surface area (Å²) in [6, 6.07) is 6.47. The van der Waals surface area contributed by atoms with Crippen molar-refractivity contribution < 1.29 is 0 Å². The first-order valence-electron chi connectivity index (χ1n) is 5.32. The molecule has 16 heavy (non-hydrogen) atoms. The molecule has 1 aliphatic heterocycles. The fraction of sp³-hybridized carbons (Fsp3) is 0.364. The minimum atomic E-state index is 0. The van der Waals surface area contributed by atoms with Gasteiger partial charge in [0.25, 0.3) is 0 Å². The van der Waals surface area contributed by atoms with E-state index < -0.39 is 0 Å². The molecule has 1 fully saturated rings. The number of nitrogens with one attached hydrogen (secondary N) is 2. The molecule has 0 unspecified atom stereocenters. The van der Waals surface area contributed by atoms with Crippen LogP contribution in [0.15, 0.2) is 24.4 Å². The molecule has 2 heterocycles. The van der Waals surface area contributed by atoms with Crippen LogP contribution in [0.5, 0.6) is 0 Å². The highest BCUT2D eigenvalue weighted by Crippen LogP contribution is 2.20. The van der Waals surface area contributed by atoms with E-state index in [0.29, 0.717) is 0 Å². The predicted octanol–water partition coefficient (Wildman–Crippen LogP) is 1.39. The number of anilines is 1. The Morgan fingerprint density at radius 3 is 2.81 bits per heavy atom. The summed E-state index contributed by atoms with van der Waals surface area (Å²) in [4.78, 5) is 2.40. The second-order valence-electron chi connectivity index (χ2n) is 3.88. The molecular weight excluding hydrogens is 224 g/mol. The number of piperazine rings is 1. The first kappa shape index (κ1) is 11.2. The van der Waals surface area contributed by atoms with Gasteiger partial charge in [-0.25, -0.2) is 0 Å². The number of aromatic nitrogens is 2. The van der Waals surface area contributed by atoms with Gasteiger partial charge in [-0.3, -0.25) is 5.10 Å². The van der Waals surface area contributed by atoms with E-state index in [1.165, 1.54) is 11.1 Å². The number of rotatable bonds is 1. The second-order valence-corrected chi connectivity index (χ2v) is 3.88. The van der Waals surface area contributed by atoms with Gasteiger partial charge in [-0.2, -0.15) is 5.10 Å². The highest BCUT2D eigenvalue weighted by atomic mass is 35.5. The number of hydrogen-bond donors (Lipinski definition) is 2. The molecule has 0 aliphatic carbocycles. The Morgan fingerprint density at radius 2 is 2.00 bits per heavy atom. The maximum Gasteiger partial charge on any atom is 0.0670 e. The third kappa shape index (κ3) is 1.99. The van der Waals surface area contributed by atoms with Crippen molar-refractivity contribution in [3.8, 4) is 0 Å². The smallest absolute Gasteiger partial charge is 0.0670 e. The Hall–Kier alpha value is -1.26. The Balaban J connectivity index is 0.000000963. The molecule has 1 aromatic carbocycles. The fourth-order valence-electron chi connectivity index (χ4n) is 2.04. The van der Waals surface area contributed by atoms with E-state index in [1.807, 2.05) is 6.20 Å². The summed E-state index contributed by atoms with van der Waals surface area (Å²) in [6.45, 7) is 4.31. The summed E-state index contributed by atoms with van der Waals surface area (Å²) in [6.07, 6.45) is 1.86. The minimum Gasteiger partial charge on any atom is -0.369 e. The quantitative estimate of drug-likeness (QED) is 0.789. The zero-order valence-electron chi connectivity index (χ0n) is 8.94. The van der Waals surface area contributed by atoms with Gasteiger partial charge in [-0.1, -0.05) is 0 Å². The van der Waals surface area contributed by atoms with Crippen LogP contribution in [0.4, 0.5) is 5.69 Å². The molecule has 0 amide bonds. The van der Waals surface area contributed by atoms with Crippen LogP contribution < -0.4 is 10.2 Å². The van der Waals surface area contributed by atoms with E-state index in [4.69, 9.17) is 0 Å². The Morgan fingerprint density at radius 1 is 1.19 bits per heavy atom. The molecule has 5 heteroatoms. The number of hydrogen-bond acceptors (Lipinski definition) is 3. The monoisotopic (exact) mass is 238 g/mol. The van der Waals surface area contributed by atoms with Crippen molar-refractivity contribution in [1.82, 2.24) is 15.5 Å². The molecule has 86 valence electrons. The summed E-state index contributed by atoms with van der Waals surface area (Å²) >= 11 is 0. The molecule has 0 spiro atoms. The minimum absolute atomic E-state index is 0. The fourth-order valence-corrected chi connectivity index (χ4v) is 2.04. The number of fused-ring (bicyclic) bond motifs is 1. The number of benzene rings is 1. The van der Waals surface area contributed by atoms with Crippen LogP contribution in [0, 0.1) is 0 Å². The van der Waals surface area contributed by atoms with Crippen molar-refractivity contribution in [2.24, 2.45) is 0 Å². The lowest BCUT2D eigenvalue weighted by molar-refractivity contribution is 0.589. The summed E-state index contributed by atoms with van der Waals surface area (Å²) in [5.74, 6) is 0. The molecule has 3 rings (SSSR count). The van der Waals surface area contributed by atoms with Crippen molar-refractivity contribution in [2.75, 3.05) is 31.1 Å². The molecule has 1 aliphatic rings. The molecule has 0 saturated carbocycles. The van der Waals surface area contributed by atoms with E-state index in [-0.39, 0.29) is 12.4 Å². The Labute approximate surface area is 100 Å². The maximum atomic E-state index is 4.03. The van der Waals surface area contributed by atoms with Crippen LogP contribution in [0.3, 0.4) is 0 Å². The van der Waals surface area contributed by atoms with Crippen LogP contribution in [0.2, 0.25) is 0 Å². The zero-order valence-corrected chi connectivity index (χ0v) is 9.76. The van der Waals surface area contributed by atoms with Gasteiger partial charge in [-0.05, 0) is 18.2 Å². The third-order valence-corrected chi connectivity index (χ3v) is 2.91. The molecule has 0 atom stereocenters. The molecule has 4 nitrogen and oxygen atoms in total. The standard InChI is InChI=1S/C11H14N4.ClH/c1-2-10(15-5-3-12-4-6-15)7-11-9(1)8-13-14-11;/h1-2,7-8,12H,3-6H2,(H,13,14);1H. The highest BCUT2D eigenvalue weighted by Gasteiger charge is 2.10. The Kier molecular flexibility index (Phi) is 3.31. The summed E-state index contributed by atoms with van der Waals surface area (Å²) in [5, 5.41) is 11.6. The molecule has 1 saturated heterocycles. The number of nitrogens with zero attached hydrogens (tertiary/aromatic N) is 2. The largest absolute Gasteiger partial charge is 0.369 e. The average Bonchev–Trinajstić information content (AvgIpc) is 2.77. The van der Waals surface area contributed by atoms with Crippen molar-refractivity contribution in [1.29, 1.82) is 0 Å². The first-order chi connectivity index (χ1) is 7.43. The molecule has 0 bridgehead atoms. The van der Waals surface area contributed by atoms with Gasteiger partial charge < -0.3 is 10.2 Å². The van der Waals surface area contributed by atoms with Crippen LogP contribution in [0.25, 0.3) is 10.9 Å². The molecule has 1 aromatic heterocycles. The van der Waals surface area contributed by atoms with Crippen molar-refractivity contribution >= 4 is 29.0 Å². The summed E-state index contributed by atoms with van der Waals surface area (Å²) < 4.78 is 0. The third-order valence-electron chi connectivity index (χ3n) is 2.91. The van der Waals surface area contributed by atoms with Gasteiger partial charge in [0.15, 0.2) is 0 Å². The first-order valence-corrected chi connectivity index (χ1v) is 5.32. The van der Waals surface area contributed by atoms with Crippen molar-refractivity contribution in [3.05, 3.63) is 24.4 Å². The van der Waals surface area contributed by atoms with Gasteiger partial charge in [0.1, 0.15) is 0 Å². The van der Waals surface area contributed by atoms with E-state index in [1.54, 1.807) is 0 Å². The molecule has 2 aromatic rings. The Bertz CT molecular complexity index is 462. The van der Waals surface area contributed by atoms with Gasteiger partial charge in [0.2, 0.25) is 0 Å². The maximum absolute atomic E-state index is 4.03. The van der Waals surface area contributed by atoms with E-state index in [0.717, 1.165) is 31.7 Å². The lowest BCUT2D eigenvalue weighted by Gasteiger charge is -2.29. The van der Waals surface area contributed by atoms with E-state index in [9.17, 15) is 0 Å². The van der Waals surface area contributed by atoms with E-state index >= 15 is 0 Å². The van der Waals surface area contributed by atoms with Crippen LogP contribution in [-0.2, 0) is 0 Å². The molecule has 2 N–H and O–H groups in total. The van der Waals surface area contributed by atoms with Crippen LogP contribution in [-0.4, -0.2) is 36.4 Å². The van der Waals surface area contributed by atoms with Crippen molar-refractivity contribution in [2.45, 2.75) is 0 Å². The second kappa shape index (κ2) is 4.72. The predicted molar refractivity (Wildman–Crippen MR) is 68.4 cm³/mol.